The molecule has 0 bridgehead atoms. The number of aromatic nitrogens is 2. The topological polar surface area (TPSA) is 96.1 Å². The second kappa shape index (κ2) is 7.04. The van der Waals surface area contributed by atoms with E-state index in [-0.39, 0.29) is 17.5 Å². The minimum atomic E-state index is -0.356. The number of H-pyrrole nitrogens is 1. The molecule has 0 spiro atoms. The van der Waals surface area contributed by atoms with Crippen LogP contribution in [-0.4, -0.2) is 35.4 Å². The van der Waals surface area contributed by atoms with Crippen LogP contribution in [-0.2, 0) is 0 Å². The average Bonchev–Trinajstić information content (AvgIpc) is 3.05. The number of hydrogen-bond donors (Lipinski definition) is 3. The molecule has 0 aliphatic carbocycles. The minimum Gasteiger partial charge on any atom is -0.491 e. The van der Waals surface area contributed by atoms with Crippen molar-refractivity contribution in [2.24, 2.45) is 0 Å². The van der Waals surface area contributed by atoms with E-state index < -0.39 is 0 Å². The minimum absolute atomic E-state index is 0.198. The molecule has 1 aromatic carbocycles. The van der Waals surface area contributed by atoms with Gasteiger partial charge >= 0.3 is 0 Å². The van der Waals surface area contributed by atoms with E-state index in [9.17, 15) is 9.59 Å². The molecule has 2 aromatic heterocycles. The first kappa shape index (κ1) is 16.5. The van der Waals surface area contributed by atoms with Crippen LogP contribution in [0.25, 0.3) is 10.9 Å². The molecule has 0 fully saturated rings. The summed E-state index contributed by atoms with van der Waals surface area (Å²) in [5.41, 5.74) is 2.10. The highest BCUT2D eigenvalue weighted by atomic mass is 16.5. The third kappa shape index (κ3) is 3.45. The molecule has 128 valence electrons. The number of pyridine rings is 1. The zero-order valence-corrected chi connectivity index (χ0v) is 13.9. The summed E-state index contributed by atoms with van der Waals surface area (Å²) in [5.74, 6) is -0.116. The van der Waals surface area contributed by atoms with E-state index in [4.69, 9.17) is 4.74 Å². The maximum absolute atomic E-state index is 12.5. The summed E-state index contributed by atoms with van der Waals surface area (Å²) >= 11 is 0. The van der Waals surface area contributed by atoms with Gasteiger partial charge in [-0.15, -0.1) is 0 Å². The number of amides is 2. The highest BCUT2D eigenvalue weighted by Crippen LogP contribution is 2.22. The van der Waals surface area contributed by atoms with Gasteiger partial charge in [-0.1, -0.05) is 0 Å². The first-order chi connectivity index (χ1) is 12.1. The quantitative estimate of drug-likeness (QED) is 0.666. The van der Waals surface area contributed by atoms with Crippen molar-refractivity contribution in [2.75, 3.05) is 19.0 Å². The smallest absolute Gasteiger partial charge is 0.278 e. The molecular formula is C18H18N4O3. The number of ether oxygens (including phenoxy) is 1. The second-order valence-corrected chi connectivity index (χ2v) is 5.30. The molecule has 25 heavy (non-hydrogen) atoms. The van der Waals surface area contributed by atoms with Gasteiger partial charge in [-0.05, 0) is 43.3 Å². The van der Waals surface area contributed by atoms with Crippen molar-refractivity contribution in [3.8, 4) is 5.75 Å². The zero-order valence-electron chi connectivity index (χ0n) is 13.9. The lowest BCUT2D eigenvalue weighted by Gasteiger charge is -2.09. The molecule has 2 amide bonds. The molecule has 2 heterocycles. The van der Waals surface area contributed by atoms with Crippen molar-refractivity contribution in [3.05, 3.63) is 54.0 Å². The molecule has 7 nitrogen and oxygen atoms in total. The van der Waals surface area contributed by atoms with Crippen LogP contribution in [0, 0.1) is 0 Å². The number of fused-ring (bicyclic) bond motifs is 1. The fourth-order valence-electron chi connectivity index (χ4n) is 2.49. The fraction of sp³-hybridized carbons (Fsp3) is 0.167. The molecule has 0 unspecified atom stereocenters. The molecule has 7 heteroatoms. The Morgan fingerprint density at radius 3 is 2.80 bits per heavy atom. The van der Waals surface area contributed by atoms with Gasteiger partial charge in [0.15, 0.2) is 11.4 Å². The summed E-state index contributed by atoms with van der Waals surface area (Å²) in [5, 5.41) is 6.19. The Balaban J connectivity index is 1.85. The summed E-state index contributed by atoms with van der Waals surface area (Å²) in [6, 6.07) is 10.5. The van der Waals surface area contributed by atoms with Crippen LogP contribution >= 0.6 is 0 Å². The SMILES string of the molecule is CCOc1cccnc1C(=O)Nc1ccc2[nH]c(C(=O)NC)cc2c1. The fourth-order valence-corrected chi connectivity index (χ4v) is 2.49. The van der Waals surface area contributed by atoms with Gasteiger partial charge in [0, 0.05) is 29.8 Å². The van der Waals surface area contributed by atoms with Crippen LogP contribution in [0.2, 0.25) is 0 Å². The zero-order chi connectivity index (χ0) is 17.8. The summed E-state index contributed by atoms with van der Waals surface area (Å²) < 4.78 is 5.44. The summed E-state index contributed by atoms with van der Waals surface area (Å²) in [7, 11) is 1.57. The Morgan fingerprint density at radius 1 is 1.20 bits per heavy atom. The van der Waals surface area contributed by atoms with Crippen molar-refractivity contribution in [3.63, 3.8) is 0 Å². The third-order valence-corrected chi connectivity index (χ3v) is 3.64. The Hall–Kier alpha value is -3.35. The van der Waals surface area contributed by atoms with E-state index in [1.165, 1.54) is 0 Å². The molecule has 3 aromatic rings. The summed E-state index contributed by atoms with van der Waals surface area (Å²) in [6.07, 6.45) is 1.54. The van der Waals surface area contributed by atoms with Crippen LogP contribution in [0.1, 0.15) is 27.9 Å². The van der Waals surface area contributed by atoms with Gasteiger partial charge in [-0.2, -0.15) is 0 Å². The van der Waals surface area contributed by atoms with Gasteiger partial charge in [0.1, 0.15) is 5.69 Å². The molecule has 0 saturated carbocycles. The highest BCUT2D eigenvalue weighted by Gasteiger charge is 2.15. The number of anilines is 1. The molecule has 0 atom stereocenters. The Kier molecular flexibility index (Phi) is 4.65. The van der Waals surface area contributed by atoms with Crippen LogP contribution in [0.4, 0.5) is 5.69 Å². The van der Waals surface area contributed by atoms with Crippen LogP contribution < -0.4 is 15.4 Å². The van der Waals surface area contributed by atoms with Crippen molar-refractivity contribution in [1.29, 1.82) is 0 Å². The van der Waals surface area contributed by atoms with E-state index in [1.54, 1.807) is 49.6 Å². The predicted octanol–water partition coefficient (Wildman–Crippen LogP) is 2.57. The summed E-state index contributed by atoms with van der Waals surface area (Å²) in [4.78, 5) is 31.3. The molecule has 0 aliphatic rings. The second-order valence-electron chi connectivity index (χ2n) is 5.30. The van der Waals surface area contributed by atoms with Gasteiger partial charge in [-0.3, -0.25) is 9.59 Å². The lowest BCUT2D eigenvalue weighted by molar-refractivity contribution is 0.0958. The maximum atomic E-state index is 12.5. The number of benzene rings is 1. The first-order valence-corrected chi connectivity index (χ1v) is 7.86. The number of nitrogens with zero attached hydrogens (tertiary/aromatic N) is 1. The van der Waals surface area contributed by atoms with Crippen molar-refractivity contribution in [1.82, 2.24) is 15.3 Å². The molecule has 3 rings (SSSR count). The summed E-state index contributed by atoms with van der Waals surface area (Å²) in [6.45, 7) is 2.29. The van der Waals surface area contributed by atoms with Gasteiger partial charge in [0.25, 0.3) is 11.8 Å². The first-order valence-electron chi connectivity index (χ1n) is 7.86. The molecule has 0 aliphatic heterocycles. The van der Waals surface area contributed by atoms with Gasteiger partial charge in [0.2, 0.25) is 0 Å². The Labute approximate surface area is 144 Å². The number of carbonyl (C=O) groups excluding carboxylic acids is 2. The molecule has 3 N–H and O–H groups in total. The molecule has 0 saturated heterocycles. The monoisotopic (exact) mass is 338 g/mol. The molecular weight excluding hydrogens is 320 g/mol. The maximum Gasteiger partial charge on any atom is 0.278 e. The van der Waals surface area contributed by atoms with E-state index in [1.807, 2.05) is 6.92 Å². The van der Waals surface area contributed by atoms with Crippen LogP contribution in [0.3, 0.4) is 0 Å². The largest absolute Gasteiger partial charge is 0.491 e. The number of aromatic amines is 1. The number of hydrogen-bond acceptors (Lipinski definition) is 4. The average molecular weight is 338 g/mol. The third-order valence-electron chi connectivity index (χ3n) is 3.64. The standard InChI is InChI=1S/C18H18N4O3/c1-3-25-15-5-4-8-20-16(15)18(24)21-12-6-7-13-11(9-12)10-14(22-13)17(23)19-2/h4-10,22H,3H2,1-2H3,(H,19,23)(H,21,24). The number of rotatable bonds is 5. The van der Waals surface area contributed by atoms with E-state index in [2.05, 4.69) is 20.6 Å². The lowest BCUT2D eigenvalue weighted by Crippen LogP contribution is -2.17. The van der Waals surface area contributed by atoms with E-state index in [0.717, 1.165) is 10.9 Å². The Bertz CT molecular complexity index is 933. The van der Waals surface area contributed by atoms with Crippen LogP contribution in [0.15, 0.2) is 42.6 Å². The van der Waals surface area contributed by atoms with E-state index in [0.29, 0.717) is 23.7 Å². The predicted molar refractivity (Wildman–Crippen MR) is 95.0 cm³/mol. The van der Waals surface area contributed by atoms with Crippen LogP contribution in [0.5, 0.6) is 5.75 Å². The number of carbonyl (C=O) groups is 2. The van der Waals surface area contributed by atoms with Gasteiger partial charge in [-0.25, -0.2) is 4.98 Å². The van der Waals surface area contributed by atoms with Gasteiger partial charge < -0.3 is 20.4 Å². The highest BCUT2D eigenvalue weighted by molar-refractivity contribution is 6.06. The lowest BCUT2D eigenvalue weighted by atomic mass is 10.2. The van der Waals surface area contributed by atoms with E-state index >= 15 is 0 Å². The van der Waals surface area contributed by atoms with Gasteiger partial charge in [0.05, 0.1) is 6.61 Å². The van der Waals surface area contributed by atoms with Crippen molar-refractivity contribution >= 4 is 28.4 Å². The number of nitrogens with one attached hydrogen (secondary N) is 3. The van der Waals surface area contributed by atoms with Crippen molar-refractivity contribution in [2.45, 2.75) is 6.92 Å². The molecule has 0 radical (unpaired) electrons. The Morgan fingerprint density at radius 2 is 2.04 bits per heavy atom. The normalized spacial score (nSPS) is 10.5. The van der Waals surface area contributed by atoms with Crippen molar-refractivity contribution < 1.29 is 14.3 Å².